The van der Waals surface area contributed by atoms with Crippen molar-refractivity contribution in [3.63, 3.8) is 0 Å². The summed E-state index contributed by atoms with van der Waals surface area (Å²) in [5.41, 5.74) is 3.30. The van der Waals surface area contributed by atoms with Gasteiger partial charge in [-0.25, -0.2) is 4.98 Å². The van der Waals surface area contributed by atoms with Gasteiger partial charge in [0.2, 0.25) is 5.88 Å². The Morgan fingerprint density at radius 2 is 2.06 bits per heavy atom. The van der Waals surface area contributed by atoms with E-state index in [0.29, 0.717) is 12.5 Å². The predicted octanol–water partition coefficient (Wildman–Crippen LogP) is 3.61. The molecular weight excluding hydrogens is 210 g/mol. The van der Waals surface area contributed by atoms with E-state index < -0.39 is 0 Å². The molecule has 0 unspecified atom stereocenters. The van der Waals surface area contributed by atoms with E-state index in [1.807, 2.05) is 43.3 Å². The van der Waals surface area contributed by atoms with E-state index in [0.717, 1.165) is 16.7 Å². The zero-order valence-corrected chi connectivity index (χ0v) is 9.89. The number of ether oxygens (including phenoxy) is 1. The molecule has 1 aromatic carbocycles. The number of aromatic nitrogens is 1. The van der Waals surface area contributed by atoms with Crippen LogP contribution < -0.4 is 4.74 Å². The van der Waals surface area contributed by atoms with Crippen LogP contribution in [0.5, 0.6) is 5.88 Å². The zero-order valence-electron chi connectivity index (χ0n) is 9.89. The van der Waals surface area contributed by atoms with E-state index in [-0.39, 0.29) is 0 Å². The molecule has 2 heteroatoms. The predicted molar refractivity (Wildman–Crippen MR) is 69.8 cm³/mol. The van der Waals surface area contributed by atoms with E-state index >= 15 is 0 Å². The first-order valence-corrected chi connectivity index (χ1v) is 5.55. The van der Waals surface area contributed by atoms with Gasteiger partial charge in [-0.2, -0.15) is 0 Å². The summed E-state index contributed by atoms with van der Waals surface area (Å²) in [6.45, 7) is 6.30. The van der Waals surface area contributed by atoms with Gasteiger partial charge in [-0.05, 0) is 23.6 Å². The largest absolute Gasteiger partial charge is 0.473 e. The van der Waals surface area contributed by atoms with Crippen molar-refractivity contribution in [2.24, 2.45) is 0 Å². The molecule has 0 radical (unpaired) electrons. The van der Waals surface area contributed by atoms with Gasteiger partial charge in [0.1, 0.15) is 6.61 Å². The topological polar surface area (TPSA) is 22.1 Å². The van der Waals surface area contributed by atoms with Crippen LogP contribution in [0.1, 0.15) is 16.7 Å². The van der Waals surface area contributed by atoms with Crippen LogP contribution in [-0.2, 0) is 6.61 Å². The number of nitrogens with zero attached hydrogens (tertiary/aromatic N) is 1. The number of hydrogen-bond donors (Lipinski definition) is 0. The third-order valence-corrected chi connectivity index (χ3v) is 2.58. The average molecular weight is 225 g/mol. The maximum absolute atomic E-state index is 5.63. The van der Waals surface area contributed by atoms with E-state index in [4.69, 9.17) is 4.74 Å². The summed E-state index contributed by atoms with van der Waals surface area (Å²) in [7, 11) is 0. The smallest absolute Gasteiger partial charge is 0.213 e. The van der Waals surface area contributed by atoms with Gasteiger partial charge in [0.25, 0.3) is 0 Å². The maximum Gasteiger partial charge on any atom is 0.213 e. The third-order valence-electron chi connectivity index (χ3n) is 2.58. The highest BCUT2D eigenvalue weighted by Crippen LogP contribution is 2.15. The first-order valence-electron chi connectivity index (χ1n) is 5.55. The lowest BCUT2D eigenvalue weighted by Gasteiger charge is -2.07. The zero-order chi connectivity index (χ0) is 12.1. The van der Waals surface area contributed by atoms with Crippen molar-refractivity contribution in [2.75, 3.05) is 0 Å². The van der Waals surface area contributed by atoms with Gasteiger partial charge in [-0.1, -0.05) is 43.0 Å². The molecule has 17 heavy (non-hydrogen) atoms. The van der Waals surface area contributed by atoms with Crippen LogP contribution in [0.4, 0.5) is 0 Å². The van der Waals surface area contributed by atoms with Crippen LogP contribution in [0.2, 0.25) is 0 Å². The summed E-state index contributed by atoms with van der Waals surface area (Å²) in [5, 5.41) is 0. The van der Waals surface area contributed by atoms with E-state index in [2.05, 4.69) is 11.6 Å². The molecule has 0 saturated carbocycles. The molecular formula is C15H15NO. The van der Waals surface area contributed by atoms with Crippen LogP contribution in [0.25, 0.3) is 6.08 Å². The van der Waals surface area contributed by atoms with Crippen molar-refractivity contribution in [1.82, 2.24) is 4.98 Å². The summed E-state index contributed by atoms with van der Waals surface area (Å²) >= 11 is 0. The summed E-state index contributed by atoms with van der Waals surface area (Å²) in [6, 6.07) is 12.0. The van der Waals surface area contributed by atoms with E-state index in [9.17, 15) is 0 Å². The fourth-order valence-electron chi connectivity index (χ4n) is 1.56. The Bertz CT molecular complexity index is 506. The quantitative estimate of drug-likeness (QED) is 0.793. The fraction of sp³-hybridized carbons (Fsp3) is 0.133. The molecule has 0 atom stereocenters. The monoisotopic (exact) mass is 225 g/mol. The van der Waals surface area contributed by atoms with Gasteiger partial charge < -0.3 is 4.74 Å². The Labute approximate surface area is 102 Å². The van der Waals surface area contributed by atoms with Gasteiger partial charge in [0, 0.05) is 12.3 Å². The highest BCUT2D eigenvalue weighted by molar-refractivity contribution is 5.50. The lowest BCUT2D eigenvalue weighted by molar-refractivity contribution is 0.293. The van der Waals surface area contributed by atoms with Crippen LogP contribution in [0, 0.1) is 6.92 Å². The highest BCUT2D eigenvalue weighted by Gasteiger charge is 2.00. The molecule has 0 fully saturated rings. The number of hydrogen-bond acceptors (Lipinski definition) is 2. The molecule has 0 spiro atoms. The molecule has 1 heterocycles. The van der Waals surface area contributed by atoms with Gasteiger partial charge >= 0.3 is 0 Å². The molecule has 2 nitrogen and oxygen atoms in total. The number of benzene rings is 1. The van der Waals surface area contributed by atoms with Crippen molar-refractivity contribution in [3.05, 3.63) is 65.9 Å². The number of aryl methyl sites for hydroxylation is 1. The van der Waals surface area contributed by atoms with Crippen LogP contribution >= 0.6 is 0 Å². The number of pyridine rings is 1. The maximum atomic E-state index is 5.63. The Hall–Kier alpha value is -2.09. The molecule has 0 aliphatic carbocycles. The van der Waals surface area contributed by atoms with Crippen LogP contribution in [-0.4, -0.2) is 4.98 Å². The second-order valence-corrected chi connectivity index (χ2v) is 3.86. The van der Waals surface area contributed by atoms with Crippen molar-refractivity contribution >= 4 is 6.08 Å². The van der Waals surface area contributed by atoms with Crippen molar-refractivity contribution in [2.45, 2.75) is 13.5 Å². The summed E-state index contributed by atoms with van der Waals surface area (Å²) < 4.78 is 5.63. The second kappa shape index (κ2) is 5.30. The SMILES string of the molecule is C=Cc1cnc(OCc2ccccc2)cc1C. The van der Waals surface area contributed by atoms with Crippen molar-refractivity contribution in [1.29, 1.82) is 0 Å². The van der Waals surface area contributed by atoms with Crippen LogP contribution in [0.3, 0.4) is 0 Å². The Balaban J connectivity index is 2.05. The Morgan fingerprint density at radius 3 is 2.71 bits per heavy atom. The Kier molecular flexibility index (Phi) is 3.55. The lowest BCUT2D eigenvalue weighted by atomic mass is 10.1. The van der Waals surface area contributed by atoms with Gasteiger partial charge in [-0.15, -0.1) is 0 Å². The second-order valence-electron chi connectivity index (χ2n) is 3.86. The molecule has 1 aromatic heterocycles. The summed E-state index contributed by atoms with van der Waals surface area (Å²) in [5.74, 6) is 0.650. The molecule has 0 amide bonds. The highest BCUT2D eigenvalue weighted by atomic mass is 16.5. The molecule has 0 aliphatic rings. The minimum absolute atomic E-state index is 0.542. The van der Waals surface area contributed by atoms with Gasteiger partial charge in [0.05, 0.1) is 0 Å². The molecule has 2 rings (SSSR count). The molecule has 0 saturated heterocycles. The summed E-state index contributed by atoms with van der Waals surface area (Å²) in [6.07, 6.45) is 3.58. The molecule has 2 aromatic rings. The Morgan fingerprint density at radius 1 is 1.29 bits per heavy atom. The standard InChI is InChI=1S/C15H15NO/c1-3-14-10-16-15(9-12(14)2)17-11-13-7-5-4-6-8-13/h3-10H,1,11H2,2H3. The third kappa shape index (κ3) is 2.94. The fourth-order valence-corrected chi connectivity index (χ4v) is 1.56. The van der Waals surface area contributed by atoms with Crippen molar-refractivity contribution < 1.29 is 4.74 Å². The molecule has 0 aliphatic heterocycles. The molecule has 0 bridgehead atoms. The molecule has 86 valence electrons. The van der Waals surface area contributed by atoms with E-state index in [1.54, 1.807) is 12.3 Å². The summed E-state index contributed by atoms with van der Waals surface area (Å²) in [4.78, 5) is 4.23. The van der Waals surface area contributed by atoms with E-state index in [1.165, 1.54) is 0 Å². The first-order chi connectivity index (χ1) is 8.29. The molecule has 0 N–H and O–H groups in total. The van der Waals surface area contributed by atoms with Crippen molar-refractivity contribution in [3.8, 4) is 5.88 Å². The first kappa shape index (κ1) is 11.4. The lowest BCUT2D eigenvalue weighted by Crippen LogP contribution is -1.97. The van der Waals surface area contributed by atoms with Gasteiger partial charge in [-0.3, -0.25) is 0 Å². The minimum Gasteiger partial charge on any atom is -0.473 e. The van der Waals surface area contributed by atoms with Gasteiger partial charge in [0.15, 0.2) is 0 Å². The minimum atomic E-state index is 0.542. The normalized spacial score (nSPS) is 9.94. The average Bonchev–Trinajstić information content (AvgIpc) is 2.38. The number of rotatable bonds is 4. The van der Waals surface area contributed by atoms with Crippen LogP contribution in [0.15, 0.2) is 49.2 Å².